The molecule has 1 atom stereocenters. The summed E-state index contributed by atoms with van der Waals surface area (Å²) in [5.74, 6) is 0. The smallest absolute Gasteiger partial charge is 0.0519 e. The first kappa shape index (κ1) is 8.02. The zero-order valence-electron chi connectivity index (χ0n) is 6.73. The Morgan fingerprint density at radius 1 is 1.60 bits per heavy atom. The van der Waals surface area contributed by atoms with Gasteiger partial charge in [0.15, 0.2) is 0 Å². The van der Waals surface area contributed by atoms with Crippen molar-refractivity contribution < 1.29 is 4.74 Å². The molecule has 1 aliphatic rings. The molecule has 1 fully saturated rings. The summed E-state index contributed by atoms with van der Waals surface area (Å²) in [6, 6.07) is 0. The van der Waals surface area contributed by atoms with Crippen molar-refractivity contribution in [3.8, 4) is 0 Å². The van der Waals surface area contributed by atoms with Crippen molar-refractivity contribution >= 4 is 10.2 Å². The topological polar surface area (TPSA) is 9.23 Å². The second kappa shape index (κ2) is 3.35. The average molecular weight is 156 g/mol. The predicted molar refractivity (Wildman–Crippen MR) is 47.3 cm³/mol. The normalized spacial score (nSPS) is 34.0. The highest BCUT2D eigenvalue weighted by Crippen LogP contribution is 2.24. The Morgan fingerprint density at radius 2 is 2.40 bits per heavy atom. The van der Waals surface area contributed by atoms with Crippen LogP contribution in [0.25, 0.3) is 0 Å². The number of hydrogen-bond acceptors (Lipinski definition) is 1. The molecular formula is C8H16OSi. The lowest BCUT2D eigenvalue weighted by molar-refractivity contribution is -0.0151. The predicted octanol–water partition coefficient (Wildman–Crippen LogP) is 0.825. The average Bonchev–Trinajstić information content (AvgIpc) is 1.89. The van der Waals surface area contributed by atoms with Crippen molar-refractivity contribution in [1.29, 1.82) is 0 Å². The molecule has 1 nitrogen and oxygen atoms in total. The van der Waals surface area contributed by atoms with E-state index in [2.05, 4.69) is 6.58 Å². The molecule has 0 aromatic carbocycles. The molecule has 10 heavy (non-hydrogen) atoms. The minimum atomic E-state index is 0.250. The molecule has 2 heteroatoms. The Morgan fingerprint density at radius 3 is 2.90 bits per heavy atom. The maximum absolute atomic E-state index is 5.70. The lowest BCUT2D eigenvalue weighted by Crippen LogP contribution is -2.36. The first-order valence-electron chi connectivity index (χ1n) is 4.02. The SMILES string of the molecule is C=CCC1([SiH3])CCCCO1. The van der Waals surface area contributed by atoms with Gasteiger partial charge in [0.05, 0.1) is 5.22 Å². The zero-order chi connectivity index (χ0) is 7.45. The van der Waals surface area contributed by atoms with Crippen molar-refractivity contribution in [1.82, 2.24) is 0 Å². The van der Waals surface area contributed by atoms with Gasteiger partial charge in [0, 0.05) is 16.8 Å². The summed E-state index contributed by atoms with van der Waals surface area (Å²) in [4.78, 5) is 0. The molecular weight excluding hydrogens is 140 g/mol. The van der Waals surface area contributed by atoms with E-state index in [-0.39, 0.29) is 5.22 Å². The van der Waals surface area contributed by atoms with Crippen LogP contribution < -0.4 is 0 Å². The van der Waals surface area contributed by atoms with E-state index in [0.29, 0.717) is 0 Å². The van der Waals surface area contributed by atoms with Gasteiger partial charge in [-0.2, -0.15) is 0 Å². The fourth-order valence-corrected chi connectivity index (χ4v) is 2.30. The second-order valence-electron chi connectivity index (χ2n) is 3.25. The maximum atomic E-state index is 5.70. The van der Waals surface area contributed by atoms with E-state index >= 15 is 0 Å². The van der Waals surface area contributed by atoms with Gasteiger partial charge >= 0.3 is 0 Å². The van der Waals surface area contributed by atoms with Crippen LogP contribution in [0.3, 0.4) is 0 Å². The van der Waals surface area contributed by atoms with Crippen LogP contribution in [0, 0.1) is 0 Å². The summed E-state index contributed by atoms with van der Waals surface area (Å²) in [6.45, 7) is 4.71. The molecule has 58 valence electrons. The summed E-state index contributed by atoms with van der Waals surface area (Å²) in [6.07, 6.45) is 6.89. The van der Waals surface area contributed by atoms with E-state index in [1.165, 1.54) is 19.3 Å². The summed E-state index contributed by atoms with van der Waals surface area (Å²) in [5.41, 5.74) is 0. The lowest BCUT2D eigenvalue weighted by Gasteiger charge is -2.33. The maximum Gasteiger partial charge on any atom is 0.0519 e. The number of hydrogen-bond donors (Lipinski definition) is 0. The van der Waals surface area contributed by atoms with Crippen LogP contribution in [0.2, 0.25) is 0 Å². The summed E-state index contributed by atoms with van der Waals surface area (Å²) in [5, 5.41) is 0.250. The van der Waals surface area contributed by atoms with Crippen LogP contribution in [-0.2, 0) is 4.74 Å². The van der Waals surface area contributed by atoms with E-state index < -0.39 is 0 Å². The van der Waals surface area contributed by atoms with Gasteiger partial charge < -0.3 is 4.74 Å². The highest BCUT2D eigenvalue weighted by atomic mass is 28.1. The Hall–Kier alpha value is -0.0831. The van der Waals surface area contributed by atoms with Crippen LogP contribution >= 0.6 is 0 Å². The first-order valence-corrected chi connectivity index (χ1v) is 5.02. The Labute approximate surface area is 65.9 Å². The standard InChI is InChI=1S/C8H16OSi/c1-2-5-8(10)6-3-4-7-9-8/h2H,1,3-7H2,10H3. The van der Waals surface area contributed by atoms with Gasteiger partial charge in [-0.25, -0.2) is 0 Å². The largest absolute Gasteiger partial charge is 0.379 e. The molecule has 1 saturated heterocycles. The summed E-state index contributed by atoms with van der Waals surface area (Å²) in [7, 11) is 1.15. The van der Waals surface area contributed by atoms with Crippen molar-refractivity contribution in [3.05, 3.63) is 12.7 Å². The van der Waals surface area contributed by atoms with E-state index in [1.807, 2.05) is 6.08 Å². The van der Waals surface area contributed by atoms with Gasteiger partial charge in [-0.15, -0.1) is 6.58 Å². The lowest BCUT2D eigenvalue weighted by atomic mass is 10.1. The number of rotatable bonds is 2. The van der Waals surface area contributed by atoms with E-state index in [9.17, 15) is 0 Å². The molecule has 0 aromatic heterocycles. The quantitative estimate of drug-likeness (QED) is 0.425. The molecule has 1 aliphatic heterocycles. The molecule has 1 heterocycles. The Bertz CT molecular complexity index is 116. The fourth-order valence-electron chi connectivity index (χ4n) is 1.46. The third kappa shape index (κ3) is 1.96. The monoisotopic (exact) mass is 156 g/mol. The van der Waals surface area contributed by atoms with Gasteiger partial charge in [0.1, 0.15) is 0 Å². The van der Waals surface area contributed by atoms with Gasteiger partial charge in [-0.05, 0) is 25.7 Å². The molecule has 0 saturated carbocycles. The van der Waals surface area contributed by atoms with Gasteiger partial charge in [0.25, 0.3) is 0 Å². The molecule has 1 unspecified atom stereocenters. The van der Waals surface area contributed by atoms with Crippen LogP contribution in [0.1, 0.15) is 25.7 Å². The second-order valence-corrected chi connectivity index (χ2v) is 5.07. The highest BCUT2D eigenvalue weighted by Gasteiger charge is 2.25. The molecule has 0 N–H and O–H groups in total. The van der Waals surface area contributed by atoms with E-state index in [1.54, 1.807) is 0 Å². The van der Waals surface area contributed by atoms with Crippen molar-refractivity contribution in [3.63, 3.8) is 0 Å². The molecule has 0 amide bonds. The third-order valence-corrected chi connectivity index (χ3v) is 3.32. The van der Waals surface area contributed by atoms with Crippen LogP contribution in [-0.4, -0.2) is 22.1 Å². The molecule has 0 radical (unpaired) electrons. The van der Waals surface area contributed by atoms with Crippen LogP contribution in [0.4, 0.5) is 0 Å². The van der Waals surface area contributed by atoms with Gasteiger partial charge in [-0.3, -0.25) is 0 Å². The van der Waals surface area contributed by atoms with Crippen LogP contribution in [0.15, 0.2) is 12.7 Å². The van der Waals surface area contributed by atoms with E-state index in [0.717, 1.165) is 23.3 Å². The molecule has 0 aliphatic carbocycles. The molecule has 1 rings (SSSR count). The molecule has 0 bridgehead atoms. The van der Waals surface area contributed by atoms with Crippen LogP contribution in [0.5, 0.6) is 0 Å². The highest BCUT2D eigenvalue weighted by molar-refractivity contribution is 6.14. The van der Waals surface area contributed by atoms with Crippen molar-refractivity contribution in [2.45, 2.75) is 30.9 Å². The van der Waals surface area contributed by atoms with Gasteiger partial charge in [0.2, 0.25) is 0 Å². The summed E-state index contributed by atoms with van der Waals surface area (Å²) >= 11 is 0. The zero-order valence-corrected chi connectivity index (χ0v) is 8.73. The Balaban J connectivity index is 2.39. The minimum Gasteiger partial charge on any atom is -0.379 e. The number of ether oxygens (including phenoxy) is 1. The minimum absolute atomic E-state index is 0.250. The third-order valence-electron chi connectivity index (χ3n) is 2.13. The first-order chi connectivity index (χ1) is 4.77. The molecule has 0 spiro atoms. The van der Waals surface area contributed by atoms with Gasteiger partial charge in [-0.1, -0.05) is 6.08 Å². The van der Waals surface area contributed by atoms with Crippen molar-refractivity contribution in [2.75, 3.05) is 6.61 Å². The van der Waals surface area contributed by atoms with Crippen molar-refractivity contribution in [2.24, 2.45) is 0 Å². The Kier molecular flexibility index (Phi) is 2.69. The van der Waals surface area contributed by atoms with E-state index in [4.69, 9.17) is 4.74 Å². The molecule has 0 aromatic rings. The fraction of sp³-hybridized carbons (Fsp3) is 0.750. The summed E-state index contributed by atoms with van der Waals surface area (Å²) < 4.78 is 5.70.